The molecule has 1 aliphatic carbocycles. The predicted molar refractivity (Wildman–Crippen MR) is 85.8 cm³/mol. The highest BCUT2D eigenvalue weighted by Gasteiger charge is 2.33. The molecule has 0 fully saturated rings. The van der Waals surface area contributed by atoms with Crippen molar-refractivity contribution in [1.82, 2.24) is 10.3 Å². The van der Waals surface area contributed by atoms with E-state index in [4.69, 9.17) is 5.11 Å². The molecule has 0 atom stereocenters. The number of hydrogen-bond donors (Lipinski definition) is 3. The number of H-pyrrole nitrogens is 1. The maximum Gasteiger partial charge on any atom is 0.305 e. The summed E-state index contributed by atoms with van der Waals surface area (Å²) in [4.78, 5) is 38.9. The largest absolute Gasteiger partial charge is 0.481 e. The fraction of sp³-hybridized carbons (Fsp3) is 0.588. The highest BCUT2D eigenvalue weighted by atomic mass is 16.4. The number of carboxylic acids is 1. The van der Waals surface area contributed by atoms with E-state index in [1.807, 2.05) is 13.8 Å². The summed E-state index contributed by atoms with van der Waals surface area (Å²) in [6.45, 7) is 5.50. The molecule has 6 heteroatoms. The van der Waals surface area contributed by atoms with Crippen molar-refractivity contribution in [2.45, 2.75) is 64.8 Å². The topological polar surface area (TPSA) is 99.3 Å². The number of amides is 1. The van der Waals surface area contributed by atoms with Gasteiger partial charge >= 0.3 is 5.97 Å². The standard InChI is InChI=1S/C17H24N2O4/c1-4-17(5-2,9-13(21)22)19-16(23)15-10(3)14-11(18-15)7-6-8-12(14)20/h18H,4-9H2,1-3H3,(H,19,23)(H,21,22). The molecule has 0 bridgehead atoms. The van der Waals surface area contributed by atoms with Gasteiger partial charge in [0.25, 0.3) is 5.91 Å². The van der Waals surface area contributed by atoms with Crippen molar-refractivity contribution >= 4 is 17.7 Å². The number of ketones is 1. The van der Waals surface area contributed by atoms with Gasteiger partial charge in [-0.3, -0.25) is 14.4 Å². The van der Waals surface area contributed by atoms with Crippen LogP contribution in [-0.2, 0) is 11.2 Å². The van der Waals surface area contributed by atoms with Gasteiger partial charge in [-0.1, -0.05) is 13.8 Å². The Labute approximate surface area is 135 Å². The Morgan fingerprint density at radius 3 is 2.43 bits per heavy atom. The third-order valence-electron chi connectivity index (χ3n) is 4.89. The zero-order chi connectivity index (χ0) is 17.2. The first-order valence-corrected chi connectivity index (χ1v) is 8.12. The lowest BCUT2D eigenvalue weighted by atomic mass is 9.88. The molecule has 6 nitrogen and oxygen atoms in total. The number of aryl methyl sites for hydroxylation is 1. The zero-order valence-corrected chi connectivity index (χ0v) is 13.9. The molecule has 1 heterocycles. The predicted octanol–water partition coefficient (Wildman–Crippen LogP) is 2.61. The summed E-state index contributed by atoms with van der Waals surface area (Å²) in [5.41, 5.74) is 1.73. The molecule has 1 amide bonds. The maximum absolute atomic E-state index is 12.7. The summed E-state index contributed by atoms with van der Waals surface area (Å²) in [6, 6.07) is 0. The van der Waals surface area contributed by atoms with Crippen LogP contribution >= 0.6 is 0 Å². The van der Waals surface area contributed by atoms with Crippen molar-refractivity contribution in [1.29, 1.82) is 0 Å². The molecule has 23 heavy (non-hydrogen) atoms. The van der Waals surface area contributed by atoms with E-state index in [1.54, 1.807) is 6.92 Å². The molecule has 0 saturated carbocycles. The number of rotatable bonds is 6. The van der Waals surface area contributed by atoms with Crippen molar-refractivity contribution in [3.63, 3.8) is 0 Å². The van der Waals surface area contributed by atoms with E-state index in [2.05, 4.69) is 10.3 Å². The van der Waals surface area contributed by atoms with E-state index in [0.29, 0.717) is 36.1 Å². The van der Waals surface area contributed by atoms with Crippen molar-refractivity contribution < 1.29 is 19.5 Å². The first kappa shape index (κ1) is 17.2. The minimum atomic E-state index is -0.938. The monoisotopic (exact) mass is 320 g/mol. The normalized spacial score (nSPS) is 14.5. The van der Waals surface area contributed by atoms with Crippen molar-refractivity contribution in [2.24, 2.45) is 0 Å². The van der Waals surface area contributed by atoms with Gasteiger partial charge in [0.05, 0.1) is 12.0 Å². The quantitative estimate of drug-likeness (QED) is 0.750. The number of Topliss-reactive ketones (excluding diaryl/α,β-unsaturated/α-hetero) is 1. The molecule has 0 aliphatic heterocycles. The van der Waals surface area contributed by atoms with Gasteiger partial charge in [-0.25, -0.2) is 0 Å². The number of carboxylic acid groups (broad SMARTS) is 1. The Balaban J connectivity index is 2.30. The summed E-state index contributed by atoms with van der Waals surface area (Å²) in [5.74, 6) is -1.21. The van der Waals surface area contributed by atoms with E-state index < -0.39 is 11.5 Å². The first-order valence-electron chi connectivity index (χ1n) is 8.12. The number of aliphatic carboxylic acids is 1. The van der Waals surface area contributed by atoms with Crippen LogP contribution < -0.4 is 5.32 Å². The molecule has 0 aromatic carbocycles. The molecule has 3 N–H and O–H groups in total. The molecule has 0 saturated heterocycles. The van der Waals surface area contributed by atoms with Crippen LogP contribution in [0.15, 0.2) is 0 Å². The van der Waals surface area contributed by atoms with Crippen LogP contribution in [0.1, 0.15) is 78.1 Å². The van der Waals surface area contributed by atoms with E-state index in [0.717, 1.165) is 18.5 Å². The van der Waals surface area contributed by atoms with Gasteiger partial charge in [-0.15, -0.1) is 0 Å². The molecule has 0 unspecified atom stereocenters. The van der Waals surface area contributed by atoms with Crippen LogP contribution in [0.4, 0.5) is 0 Å². The lowest BCUT2D eigenvalue weighted by Crippen LogP contribution is -2.49. The summed E-state index contributed by atoms with van der Waals surface area (Å²) in [6.07, 6.45) is 3.00. The summed E-state index contributed by atoms with van der Waals surface area (Å²) in [5, 5.41) is 12.0. The van der Waals surface area contributed by atoms with E-state index >= 15 is 0 Å². The Kier molecular flexibility index (Phi) is 4.92. The van der Waals surface area contributed by atoms with Gasteiger partial charge < -0.3 is 15.4 Å². The second-order valence-electron chi connectivity index (χ2n) is 6.27. The second kappa shape index (κ2) is 6.56. The van der Waals surface area contributed by atoms with Crippen molar-refractivity contribution in [2.75, 3.05) is 0 Å². The Morgan fingerprint density at radius 2 is 1.91 bits per heavy atom. The number of carbonyl (C=O) groups excluding carboxylic acids is 2. The van der Waals surface area contributed by atoms with Gasteiger partial charge in [-0.05, 0) is 38.2 Å². The van der Waals surface area contributed by atoms with E-state index in [9.17, 15) is 14.4 Å². The number of fused-ring (bicyclic) bond motifs is 1. The summed E-state index contributed by atoms with van der Waals surface area (Å²) < 4.78 is 0. The van der Waals surface area contributed by atoms with Gasteiger partial charge in [0, 0.05) is 17.7 Å². The van der Waals surface area contributed by atoms with Crippen molar-refractivity contribution in [3.8, 4) is 0 Å². The molecular weight excluding hydrogens is 296 g/mol. The number of nitrogens with one attached hydrogen (secondary N) is 2. The summed E-state index contributed by atoms with van der Waals surface area (Å²) in [7, 11) is 0. The lowest BCUT2D eigenvalue weighted by molar-refractivity contribution is -0.138. The van der Waals surface area contributed by atoms with Gasteiger partial charge in [0.1, 0.15) is 5.69 Å². The third kappa shape index (κ3) is 3.30. The average Bonchev–Trinajstić information content (AvgIpc) is 2.84. The van der Waals surface area contributed by atoms with Gasteiger partial charge in [-0.2, -0.15) is 0 Å². The molecule has 1 aliphatic rings. The van der Waals surface area contributed by atoms with Crippen LogP contribution in [0, 0.1) is 6.92 Å². The maximum atomic E-state index is 12.7. The number of aromatic nitrogens is 1. The number of hydrogen-bond acceptors (Lipinski definition) is 3. The van der Waals surface area contributed by atoms with Crippen LogP contribution in [0.2, 0.25) is 0 Å². The Morgan fingerprint density at radius 1 is 1.26 bits per heavy atom. The SMILES string of the molecule is CCC(CC)(CC(=O)O)NC(=O)c1[nH]c2c(c1C)C(=O)CCC2. The van der Waals surface area contributed by atoms with E-state index in [1.165, 1.54) is 0 Å². The average molecular weight is 320 g/mol. The van der Waals surface area contributed by atoms with Crippen molar-refractivity contribution in [3.05, 3.63) is 22.5 Å². The van der Waals surface area contributed by atoms with Crippen LogP contribution in [0.5, 0.6) is 0 Å². The fourth-order valence-electron chi connectivity index (χ4n) is 3.31. The highest BCUT2D eigenvalue weighted by molar-refractivity contribution is 6.04. The molecule has 0 spiro atoms. The zero-order valence-electron chi connectivity index (χ0n) is 13.9. The van der Waals surface area contributed by atoms with E-state index in [-0.39, 0.29) is 18.1 Å². The number of carbonyl (C=O) groups is 3. The Hall–Kier alpha value is -2.11. The number of aromatic amines is 1. The fourth-order valence-corrected chi connectivity index (χ4v) is 3.31. The molecule has 1 aromatic heterocycles. The van der Waals surface area contributed by atoms with Gasteiger partial charge in [0.15, 0.2) is 5.78 Å². The second-order valence-corrected chi connectivity index (χ2v) is 6.27. The molecule has 2 rings (SSSR count). The smallest absolute Gasteiger partial charge is 0.305 e. The molecule has 0 radical (unpaired) electrons. The Bertz CT molecular complexity index is 641. The molecular formula is C17H24N2O4. The van der Waals surface area contributed by atoms with Crippen LogP contribution in [0.25, 0.3) is 0 Å². The minimum absolute atomic E-state index is 0.0711. The lowest BCUT2D eigenvalue weighted by Gasteiger charge is -2.31. The highest BCUT2D eigenvalue weighted by Crippen LogP contribution is 2.27. The summed E-state index contributed by atoms with van der Waals surface area (Å²) >= 11 is 0. The van der Waals surface area contributed by atoms with Crippen LogP contribution in [-0.4, -0.2) is 33.3 Å². The first-order chi connectivity index (χ1) is 10.8. The minimum Gasteiger partial charge on any atom is -0.481 e. The molecule has 126 valence electrons. The molecule has 1 aromatic rings. The third-order valence-corrected chi connectivity index (χ3v) is 4.89. The van der Waals surface area contributed by atoms with Crippen LogP contribution in [0.3, 0.4) is 0 Å². The van der Waals surface area contributed by atoms with Gasteiger partial charge in [0.2, 0.25) is 0 Å².